The molecule has 1 rings (SSSR count). The van der Waals surface area contributed by atoms with Crippen LogP contribution in [0.2, 0.25) is 0 Å². The largest absolute Gasteiger partial charge is 0.385 e. The molecule has 0 heterocycles. The molecule has 0 saturated heterocycles. The van der Waals surface area contributed by atoms with E-state index in [1.54, 1.807) is 12.1 Å². The minimum atomic E-state index is -0.466. The van der Waals surface area contributed by atoms with Gasteiger partial charge in [0.05, 0.1) is 5.56 Å². The van der Waals surface area contributed by atoms with Crippen LogP contribution in [-0.2, 0) is 0 Å². The normalized spacial score (nSPS) is 11.9. The maximum Gasteiger partial charge on any atom is 0.143 e. The molecule has 1 aromatic rings. The summed E-state index contributed by atoms with van der Waals surface area (Å²) >= 11 is 0. The van der Waals surface area contributed by atoms with Gasteiger partial charge in [-0.25, -0.2) is 4.39 Å². The van der Waals surface area contributed by atoms with E-state index >= 15 is 0 Å². The van der Waals surface area contributed by atoms with Crippen LogP contribution in [-0.4, -0.2) is 6.54 Å². The summed E-state index contributed by atoms with van der Waals surface area (Å²) in [5.41, 5.74) is 0.816. The summed E-state index contributed by atoms with van der Waals surface area (Å²) in [6, 6.07) is 6.38. The fourth-order valence-electron chi connectivity index (χ4n) is 1.15. The van der Waals surface area contributed by atoms with Gasteiger partial charge in [-0.1, -0.05) is 20.3 Å². The molecule has 0 aliphatic carbocycles. The Balaban J connectivity index is 2.64. The fourth-order valence-corrected chi connectivity index (χ4v) is 1.15. The summed E-state index contributed by atoms with van der Waals surface area (Å²) < 4.78 is 13.2. The van der Waals surface area contributed by atoms with E-state index in [9.17, 15) is 4.39 Å². The van der Waals surface area contributed by atoms with Gasteiger partial charge in [0.2, 0.25) is 0 Å². The van der Waals surface area contributed by atoms with Crippen LogP contribution >= 0.6 is 0 Å². The summed E-state index contributed by atoms with van der Waals surface area (Å²) in [7, 11) is 0. The van der Waals surface area contributed by atoms with Gasteiger partial charge in [0.25, 0.3) is 0 Å². The van der Waals surface area contributed by atoms with Gasteiger partial charge in [-0.2, -0.15) is 5.26 Å². The van der Waals surface area contributed by atoms with Crippen LogP contribution in [0.25, 0.3) is 0 Å². The lowest BCUT2D eigenvalue weighted by molar-refractivity contribution is 0.592. The number of anilines is 1. The quantitative estimate of drug-likeness (QED) is 0.821. The first-order valence-electron chi connectivity index (χ1n) is 5.11. The van der Waals surface area contributed by atoms with Crippen LogP contribution in [0.3, 0.4) is 0 Å². The molecule has 1 aromatic carbocycles. The molecular weight excluding hydrogens is 191 g/mol. The monoisotopic (exact) mass is 206 g/mol. The Morgan fingerprint density at radius 2 is 2.27 bits per heavy atom. The maximum absolute atomic E-state index is 13.2. The Morgan fingerprint density at radius 3 is 2.80 bits per heavy atom. The molecule has 1 unspecified atom stereocenters. The van der Waals surface area contributed by atoms with Crippen LogP contribution in [0, 0.1) is 23.1 Å². The predicted octanol–water partition coefficient (Wildman–Crippen LogP) is 3.16. The van der Waals surface area contributed by atoms with Gasteiger partial charge in [-0.15, -0.1) is 0 Å². The SMILES string of the molecule is CCC(C)CNc1ccc(C#N)c(F)c1. The van der Waals surface area contributed by atoms with Gasteiger partial charge in [0, 0.05) is 12.2 Å². The zero-order chi connectivity index (χ0) is 11.3. The van der Waals surface area contributed by atoms with Gasteiger partial charge in [0.15, 0.2) is 0 Å². The van der Waals surface area contributed by atoms with Crippen LogP contribution in [0.1, 0.15) is 25.8 Å². The van der Waals surface area contributed by atoms with Crippen LogP contribution in [0.5, 0.6) is 0 Å². The van der Waals surface area contributed by atoms with E-state index in [2.05, 4.69) is 19.2 Å². The van der Waals surface area contributed by atoms with E-state index in [-0.39, 0.29) is 5.56 Å². The van der Waals surface area contributed by atoms with Gasteiger partial charge in [-0.3, -0.25) is 0 Å². The molecule has 0 aliphatic rings. The maximum atomic E-state index is 13.2. The summed E-state index contributed by atoms with van der Waals surface area (Å²) in [4.78, 5) is 0. The Morgan fingerprint density at radius 1 is 1.53 bits per heavy atom. The lowest BCUT2D eigenvalue weighted by Gasteiger charge is -2.11. The number of hydrogen-bond acceptors (Lipinski definition) is 2. The molecule has 1 atom stereocenters. The van der Waals surface area contributed by atoms with E-state index in [4.69, 9.17) is 5.26 Å². The standard InChI is InChI=1S/C12H15FN2/c1-3-9(2)8-15-11-5-4-10(7-14)12(13)6-11/h4-6,9,15H,3,8H2,1-2H3. The van der Waals surface area contributed by atoms with Crippen molar-refractivity contribution in [2.75, 3.05) is 11.9 Å². The third-order valence-electron chi connectivity index (χ3n) is 2.44. The molecule has 2 nitrogen and oxygen atoms in total. The number of benzene rings is 1. The second-order valence-electron chi connectivity index (χ2n) is 3.70. The molecule has 0 spiro atoms. The smallest absolute Gasteiger partial charge is 0.143 e. The van der Waals surface area contributed by atoms with Gasteiger partial charge in [-0.05, 0) is 24.1 Å². The Labute approximate surface area is 89.7 Å². The first-order valence-corrected chi connectivity index (χ1v) is 5.11. The van der Waals surface area contributed by atoms with Crippen molar-refractivity contribution in [2.45, 2.75) is 20.3 Å². The lowest BCUT2D eigenvalue weighted by Crippen LogP contribution is -2.10. The van der Waals surface area contributed by atoms with Gasteiger partial charge >= 0.3 is 0 Å². The zero-order valence-electron chi connectivity index (χ0n) is 9.05. The molecular formula is C12H15FN2. The minimum Gasteiger partial charge on any atom is -0.385 e. The summed E-state index contributed by atoms with van der Waals surface area (Å²) in [5, 5.41) is 11.7. The minimum absolute atomic E-state index is 0.0871. The highest BCUT2D eigenvalue weighted by atomic mass is 19.1. The van der Waals surface area contributed by atoms with Crippen molar-refractivity contribution in [3.63, 3.8) is 0 Å². The zero-order valence-corrected chi connectivity index (χ0v) is 9.05. The highest BCUT2D eigenvalue weighted by Gasteiger charge is 2.03. The third-order valence-corrected chi connectivity index (χ3v) is 2.44. The second kappa shape index (κ2) is 5.35. The molecule has 0 radical (unpaired) electrons. The average Bonchev–Trinajstić information content (AvgIpc) is 2.26. The van der Waals surface area contributed by atoms with Crippen LogP contribution in [0.15, 0.2) is 18.2 Å². The van der Waals surface area contributed by atoms with Crippen molar-refractivity contribution in [3.05, 3.63) is 29.6 Å². The molecule has 0 bridgehead atoms. The highest BCUT2D eigenvalue weighted by molar-refractivity contribution is 5.48. The number of hydrogen-bond donors (Lipinski definition) is 1. The van der Waals surface area contributed by atoms with E-state index in [1.807, 2.05) is 0 Å². The number of nitriles is 1. The molecule has 15 heavy (non-hydrogen) atoms. The number of nitrogens with one attached hydrogen (secondary N) is 1. The van der Waals surface area contributed by atoms with Gasteiger partial charge < -0.3 is 5.32 Å². The molecule has 1 N–H and O–H groups in total. The van der Waals surface area contributed by atoms with E-state index in [0.29, 0.717) is 5.92 Å². The third kappa shape index (κ3) is 3.25. The van der Waals surface area contributed by atoms with Crippen molar-refractivity contribution in [2.24, 2.45) is 5.92 Å². The van der Waals surface area contributed by atoms with Crippen molar-refractivity contribution in [1.29, 1.82) is 5.26 Å². The number of nitrogens with zero attached hydrogens (tertiary/aromatic N) is 1. The lowest BCUT2D eigenvalue weighted by atomic mass is 10.1. The summed E-state index contributed by atoms with van der Waals surface area (Å²) in [5.74, 6) is 0.0929. The van der Waals surface area contributed by atoms with Gasteiger partial charge in [0.1, 0.15) is 11.9 Å². The van der Waals surface area contributed by atoms with E-state index < -0.39 is 5.82 Å². The molecule has 80 valence electrons. The summed E-state index contributed by atoms with van der Waals surface area (Å²) in [6.45, 7) is 5.07. The molecule has 0 fully saturated rings. The van der Waals surface area contributed by atoms with E-state index in [1.165, 1.54) is 12.1 Å². The second-order valence-corrected chi connectivity index (χ2v) is 3.70. The summed E-state index contributed by atoms with van der Waals surface area (Å²) in [6.07, 6.45) is 1.09. The van der Waals surface area contributed by atoms with Crippen molar-refractivity contribution < 1.29 is 4.39 Å². The molecule has 0 aromatic heterocycles. The molecule has 0 aliphatic heterocycles. The highest BCUT2D eigenvalue weighted by Crippen LogP contribution is 2.14. The first kappa shape index (κ1) is 11.5. The molecule has 0 amide bonds. The Kier molecular flexibility index (Phi) is 4.11. The first-order chi connectivity index (χ1) is 7.17. The van der Waals surface area contributed by atoms with Crippen LogP contribution in [0.4, 0.5) is 10.1 Å². The fraction of sp³-hybridized carbons (Fsp3) is 0.417. The topological polar surface area (TPSA) is 35.8 Å². The average molecular weight is 206 g/mol. The van der Waals surface area contributed by atoms with Crippen molar-refractivity contribution in [1.82, 2.24) is 0 Å². The predicted molar refractivity (Wildman–Crippen MR) is 59.1 cm³/mol. The number of rotatable bonds is 4. The van der Waals surface area contributed by atoms with Crippen molar-refractivity contribution in [3.8, 4) is 6.07 Å². The number of halogens is 1. The van der Waals surface area contributed by atoms with E-state index in [0.717, 1.165) is 18.7 Å². The molecule has 3 heteroatoms. The van der Waals surface area contributed by atoms with Crippen molar-refractivity contribution >= 4 is 5.69 Å². The van der Waals surface area contributed by atoms with Crippen LogP contribution < -0.4 is 5.32 Å². The Hall–Kier alpha value is -1.56. The Bertz CT molecular complexity index is 368. The molecule has 0 saturated carbocycles.